The molecule has 3 nitrogen and oxygen atoms in total. The second-order valence-corrected chi connectivity index (χ2v) is 4.79. The lowest BCUT2D eigenvalue weighted by atomic mass is 9.96. The standard InChI is InChI=1S/C13H20FN3/c1-15-7-11-2-4-17(5-3-11)10-12-6-13(14)9-16-8-12/h6,8-9,11,15H,2-5,7,10H2,1H3. The van der Waals surface area contributed by atoms with Crippen molar-refractivity contribution in [2.45, 2.75) is 19.4 Å². The smallest absolute Gasteiger partial charge is 0.141 e. The molecule has 0 spiro atoms. The minimum atomic E-state index is -0.243. The highest BCUT2D eigenvalue weighted by Gasteiger charge is 2.18. The van der Waals surface area contributed by atoms with E-state index in [9.17, 15) is 4.39 Å². The van der Waals surface area contributed by atoms with Crippen molar-refractivity contribution in [1.29, 1.82) is 0 Å². The highest BCUT2D eigenvalue weighted by molar-refractivity contribution is 5.10. The lowest BCUT2D eigenvalue weighted by Gasteiger charge is -2.31. The van der Waals surface area contributed by atoms with E-state index >= 15 is 0 Å². The summed E-state index contributed by atoms with van der Waals surface area (Å²) in [4.78, 5) is 6.26. The van der Waals surface area contributed by atoms with Crippen molar-refractivity contribution in [3.8, 4) is 0 Å². The first kappa shape index (κ1) is 12.5. The molecular formula is C13H20FN3. The van der Waals surface area contributed by atoms with E-state index in [2.05, 4.69) is 15.2 Å². The van der Waals surface area contributed by atoms with Crippen molar-refractivity contribution in [2.24, 2.45) is 5.92 Å². The number of hydrogen-bond acceptors (Lipinski definition) is 3. The van der Waals surface area contributed by atoms with Crippen LogP contribution in [0, 0.1) is 11.7 Å². The van der Waals surface area contributed by atoms with Gasteiger partial charge in [0.1, 0.15) is 5.82 Å². The summed E-state index contributed by atoms with van der Waals surface area (Å²) in [6, 6.07) is 1.58. The molecule has 4 heteroatoms. The zero-order chi connectivity index (χ0) is 12.1. The van der Waals surface area contributed by atoms with Gasteiger partial charge in [0.05, 0.1) is 6.20 Å². The van der Waals surface area contributed by atoms with Crippen LogP contribution in [0.2, 0.25) is 0 Å². The van der Waals surface area contributed by atoms with E-state index in [0.717, 1.165) is 37.7 Å². The predicted octanol–water partition coefficient (Wildman–Crippen LogP) is 1.65. The van der Waals surface area contributed by atoms with Crippen molar-refractivity contribution in [3.05, 3.63) is 29.8 Å². The first-order valence-electron chi connectivity index (χ1n) is 6.24. The van der Waals surface area contributed by atoms with Crippen molar-refractivity contribution in [1.82, 2.24) is 15.2 Å². The van der Waals surface area contributed by atoms with Crippen molar-refractivity contribution in [3.63, 3.8) is 0 Å². The fourth-order valence-electron chi connectivity index (χ4n) is 2.44. The molecule has 2 heterocycles. The van der Waals surface area contributed by atoms with Crippen LogP contribution in [-0.4, -0.2) is 36.6 Å². The third-order valence-corrected chi connectivity index (χ3v) is 3.37. The maximum Gasteiger partial charge on any atom is 0.141 e. The molecule has 0 saturated carbocycles. The molecule has 1 aromatic heterocycles. The van der Waals surface area contributed by atoms with Crippen LogP contribution in [0.5, 0.6) is 0 Å². The predicted molar refractivity (Wildman–Crippen MR) is 66.1 cm³/mol. The van der Waals surface area contributed by atoms with Crippen LogP contribution in [0.3, 0.4) is 0 Å². The first-order valence-corrected chi connectivity index (χ1v) is 6.24. The lowest BCUT2D eigenvalue weighted by molar-refractivity contribution is 0.176. The molecule has 0 aliphatic carbocycles. The minimum Gasteiger partial charge on any atom is -0.319 e. The Hall–Kier alpha value is -1.00. The van der Waals surface area contributed by atoms with Gasteiger partial charge in [-0.3, -0.25) is 9.88 Å². The maximum absolute atomic E-state index is 13.0. The Bertz CT molecular complexity index is 348. The fourth-order valence-corrected chi connectivity index (χ4v) is 2.44. The number of hydrogen-bond donors (Lipinski definition) is 1. The van der Waals surface area contributed by atoms with Gasteiger partial charge >= 0.3 is 0 Å². The van der Waals surface area contributed by atoms with Gasteiger partial charge in [0.2, 0.25) is 0 Å². The molecule has 0 aromatic carbocycles. The topological polar surface area (TPSA) is 28.2 Å². The SMILES string of the molecule is CNCC1CCN(Cc2cncc(F)c2)CC1. The van der Waals surface area contributed by atoms with E-state index < -0.39 is 0 Å². The maximum atomic E-state index is 13.0. The van der Waals surface area contributed by atoms with Crippen molar-refractivity contribution >= 4 is 0 Å². The van der Waals surface area contributed by atoms with Crippen LogP contribution in [0.15, 0.2) is 18.5 Å². The molecule has 17 heavy (non-hydrogen) atoms. The zero-order valence-corrected chi connectivity index (χ0v) is 10.3. The van der Waals surface area contributed by atoms with Gasteiger partial charge in [0.15, 0.2) is 0 Å². The van der Waals surface area contributed by atoms with E-state index in [1.165, 1.54) is 19.0 Å². The number of nitrogens with zero attached hydrogens (tertiary/aromatic N) is 2. The van der Waals surface area contributed by atoms with Gasteiger partial charge in [-0.2, -0.15) is 0 Å². The van der Waals surface area contributed by atoms with Crippen LogP contribution in [-0.2, 0) is 6.54 Å². The average molecular weight is 237 g/mol. The van der Waals surface area contributed by atoms with E-state index in [1.807, 2.05) is 7.05 Å². The molecule has 0 unspecified atom stereocenters. The van der Waals surface area contributed by atoms with Gasteiger partial charge in [-0.05, 0) is 57.1 Å². The van der Waals surface area contributed by atoms with Gasteiger partial charge in [-0.1, -0.05) is 0 Å². The Morgan fingerprint density at radius 2 is 2.18 bits per heavy atom. The van der Waals surface area contributed by atoms with Gasteiger partial charge in [0.25, 0.3) is 0 Å². The Labute approximate surface area is 102 Å². The van der Waals surface area contributed by atoms with Gasteiger partial charge in [0, 0.05) is 12.7 Å². The minimum absolute atomic E-state index is 0.243. The molecule has 1 aromatic rings. The first-order chi connectivity index (χ1) is 8.28. The zero-order valence-electron chi connectivity index (χ0n) is 10.3. The largest absolute Gasteiger partial charge is 0.319 e. The summed E-state index contributed by atoms with van der Waals surface area (Å²) in [7, 11) is 2.00. The van der Waals surface area contributed by atoms with Crippen molar-refractivity contribution in [2.75, 3.05) is 26.7 Å². The molecule has 1 fully saturated rings. The van der Waals surface area contributed by atoms with E-state index in [-0.39, 0.29) is 5.82 Å². The van der Waals surface area contributed by atoms with Crippen molar-refractivity contribution < 1.29 is 4.39 Å². The van der Waals surface area contributed by atoms with E-state index in [4.69, 9.17) is 0 Å². The monoisotopic (exact) mass is 237 g/mol. The summed E-state index contributed by atoms with van der Waals surface area (Å²) in [5.74, 6) is 0.550. The van der Waals surface area contributed by atoms with Crippen LogP contribution in [0.25, 0.3) is 0 Å². The Kier molecular flexibility index (Phi) is 4.45. The Morgan fingerprint density at radius 3 is 2.82 bits per heavy atom. The highest BCUT2D eigenvalue weighted by atomic mass is 19.1. The summed E-state index contributed by atoms with van der Waals surface area (Å²) in [6.45, 7) is 4.12. The molecular weight excluding hydrogens is 217 g/mol. The molecule has 0 bridgehead atoms. The van der Waals surface area contributed by atoms with Crippen LogP contribution < -0.4 is 5.32 Å². The molecule has 2 rings (SSSR count). The lowest BCUT2D eigenvalue weighted by Crippen LogP contribution is -2.36. The fraction of sp³-hybridized carbons (Fsp3) is 0.615. The summed E-state index contributed by atoms with van der Waals surface area (Å²) in [6.07, 6.45) is 5.46. The molecule has 0 radical (unpaired) electrons. The van der Waals surface area contributed by atoms with Gasteiger partial charge in [-0.25, -0.2) is 4.39 Å². The van der Waals surface area contributed by atoms with E-state index in [0.29, 0.717) is 0 Å². The Balaban J connectivity index is 1.82. The normalized spacial score (nSPS) is 18.5. The number of nitrogens with one attached hydrogen (secondary N) is 1. The second-order valence-electron chi connectivity index (χ2n) is 4.79. The third kappa shape index (κ3) is 3.75. The van der Waals surface area contributed by atoms with Gasteiger partial charge < -0.3 is 5.32 Å². The second kappa shape index (κ2) is 6.07. The molecule has 1 saturated heterocycles. The molecule has 0 amide bonds. The summed E-state index contributed by atoms with van der Waals surface area (Å²) in [5.41, 5.74) is 0.970. The molecule has 1 aliphatic heterocycles. The number of halogens is 1. The average Bonchev–Trinajstić information content (AvgIpc) is 2.32. The number of rotatable bonds is 4. The van der Waals surface area contributed by atoms with Gasteiger partial charge in [-0.15, -0.1) is 0 Å². The highest BCUT2D eigenvalue weighted by Crippen LogP contribution is 2.18. The van der Waals surface area contributed by atoms with Crippen LogP contribution >= 0.6 is 0 Å². The third-order valence-electron chi connectivity index (χ3n) is 3.37. The summed E-state index contributed by atoms with van der Waals surface area (Å²) in [5, 5.41) is 3.23. The summed E-state index contributed by atoms with van der Waals surface area (Å²) < 4.78 is 13.0. The van der Waals surface area contributed by atoms with Crippen LogP contribution in [0.1, 0.15) is 18.4 Å². The number of pyridine rings is 1. The quantitative estimate of drug-likeness (QED) is 0.863. The molecule has 0 atom stereocenters. The molecule has 1 N–H and O–H groups in total. The number of aromatic nitrogens is 1. The number of piperidine rings is 1. The summed E-state index contributed by atoms with van der Waals surface area (Å²) >= 11 is 0. The van der Waals surface area contributed by atoms with E-state index in [1.54, 1.807) is 12.3 Å². The number of likely N-dealkylation sites (tertiary alicyclic amines) is 1. The van der Waals surface area contributed by atoms with Crippen LogP contribution in [0.4, 0.5) is 4.39 Å². The molecule has 1 aliphatic rings. The molecule has 94 valence electrons. The Morgan fingerprint density at radius 1 is 1.41 bits per heavy atom.